The lowest BCUT2D eigenvalue weighted by Crippen LogP contribution is -2.29. The van der Waals surface area contributed by atoms with Gasteiger partial charge in [0.05, 0.1) is 6.20 Å². The second-order valence-electron chi connectivity index (χ2n) is 5.26. The van der Waals surface area contributed by atoms with Crippen LogP contribution >= 0.6 is 11.6 Å². The summed E-state index contributed by atoms with van der Waals surface area (Å²) in [6.45, 7) is 9.50. The van der Waals surface area contributed by atoms with E-state index in [1.165, 1.54) is 5.56 Å². The van der Waals surface area contributed by atoms with Gasteiger partial charge in [-0.15, -0.1) is 11.6 Å². The van der Waals surface area contributed by atoms with Crippen molar-refractivity contribution in [3.8, 4) is 0 Å². The van der Waals surface area contributed by atoms with Gasteiger partial charge >= 0.3 is 0 Å². The minimum Gasteiger partial charge on any atom is -0.312 e. The van der Waals surface area contributed by atoms with E-state index in [2.05, 4.69) is 37.4 Å². The molecule has 0 amide bonds. The Hall–Kier alpha value is -0.540. The number of nitrogens with zero attached hydrogens (tertiary/aromatic N) is 2. The number of aromatic nitrogens is 2. The van der Waals surface area contributed by atoms with Crippen LogP contribution in [0.2, 0.25) is 0 Å². The molecule has 0 atom stereocenters. The normalized spacial score (nSPS) is 12.0. The van der Waals surface area contributed by atoms with Gasteiger partial charge in [-0.05, 0) is 25.2 Å². The molecule has 0 fully saturated rings. The van der Waals surface area contributed by atoms with E-state index in [0.29, 0.717) is 5.41 Å². The Morgan fingerprint density at radius 2 is 2.24 bits per heavy atom. The van der Waals surface area contributed by atoms with E-state index in [9.17, 15) is 0 Å². The maximum absolute atomic E-state index is 5.72. The van der Waals surface area contributed by atoms with Crippen molar-refractivity contribution < 1.29 is 0 Å². The van der Waals surface area contributed by atoms with Gasteiger partial charge < -0.3 is 5.32 Å². The molecule has 0 spiro atoms. The highest BCUT2D eigenvalue weighted by Gasteiger charge is 2.16. The van der Waals surface area contributed by atoms with E-state index in [4.69, 9.17) is 11.6 Å². The molecule has 0 bridgehead atoms. The number of alkyl halides is 1. The van der Waals surface area contributed by atoms with Crippen LogP contribution in [0.15, 0.2) is 12.4 Å². The Bertz CT molecular complexity index is 320. The fraction of sp³-hybridized carbons (Fsp3) is 0.769. The summed E-state index contributed by atoms with van der Waals surface area (Å²) in [4.78, 5) is 0. The van der Waals surface area contributed by atoms with Crippen molar-refractivity contribution in [2.24, 2.45) is 5.41 Å². The molecule has 0 radical (unpaired) electrons. The molecule has 0 aliphatic carbocycles. The average molecular weight is 258 g/mol. The van der Waals surface area contributed by atoms with Crippen molar-refractivity contribution in [1.82, 2.24) is 15.1 Å². The summed E-state index contributed by atoms with van der Waals surface area (Å²) in [7, 11) is 0. The monoisotopic (exact) mass is 257 g/mol. The molecule has 1 N–H and O–H groups in total. The number of nitrogens with one attached hydrogen (secondary N) is 1. The molecule has 1 aromatic heterocycles. The van der Waals surface area contributed by atoms with Crippen LogP contribution in [0.5, 0.6) is 0 Å². The third-order valence-electron chi connectivity index (χ3n) is 2.93. The molecule has 0 unspecified atom stereocenters. The van der Waals surface area contributed by atoms with Crippen molar-refractivity contribution in [2.45, 2.75) is 46.7 Å². The first-order valence-corrected chi connectivity index (χ1v) is 6.89. The highest BCUT2D eigenvalue weighted by molar-refractivity contribution is 6.17. The van der Waals surface area contributed by atoms with Crippen molar-refractivity contribution in [1.29, 1.82) is 0 Å². The first kappa shape index (κ1) is 14.5. The Balaban J connectivity index is 2.26. The zero-order chi connectivity index (χ0) is 12.7. The molecule has 1 heterocycles. The standard InChI is InChI=1S/C13H24ClN3/c1-4-17-10-12(9-16-17)8-15-11-13(2,3)6-5-7-14/h9-10,15H,4-8,11H2,1-3H3. The fourth-order valence-corrected chi connectivity index (χ4v) is 1.98. The summed E-state index contributed by atoms with van der Waals surface area (Å²) in [5, 5.41) is 7.75. The third-order valence-corrected chi connectivity index (χ3v) is 3.20. The topological polar surface area (TPSA) is 29.9 Å². The molecule has 0 aliphatic rings. The minimum absolute atomic E-state index is 0.315. The molecule has 3 nitrogen and oxygen atoms in total. The van der Waals surface area contributed by atoms with Crippen LogP contribution in [0, 0.1) is 5.41 Å². The molecule has 1 rings (SSSR count). The van der Waals surface area contributed by atoms with Gasteiger partial charge in [0.25, 0.3) is 0 Å². The maximum Gasteiger partial charge on any atom is 0.0534 e. The third kappa shape index (κ3) is 5.55. The van der Waals surface area contributed by atoms with Crippen molar-refractivity contribution in [3.05, 3.63) is 18.0 Å². The molecule has 98 valence electrons. The SMILES string of the molecule is CCn1cc(CNCC(C)(C)CCCCl)cn1. The Morgan fingerprint density at radius 1 is 1.47 bits per heavy atom. The molecule has 0 saturated carbocycles. The fourth-order valence-electron chi connectivity index (χ4n) is 1.85. The summed E-state index contributed by atoms with van der Waals surface area (Å²) in [5.74, 6) is 0.757. The number of hydrogen-bond donors (Lipinski definition) is 1. The Kier molecular flexibility index (Phi) is 6.00. The van der Waals surface area contributed by atoms with Gasteiger partial charge in [0.1, 0.15) is 0 Å². The van der Waals surface area contributed by atoms with Gasteiger partial charge in [0.2, 0.25) is 0 Å². The summed E-state index contributed by atoms with van der Waals surface area (Å²) >= 11 is 5.72. The summed E-state index contributed by atoms with van der Waals surface area (Å²) in [6.07, 6.45) is 6.28. The van der Waals surface area contributed by atoms with Gasteiger partial charge in [-0.3, -0.25) is 4.68 Å². The smallest absolute Gasteiger partial charge is 0.0534 e. The number of aryl methyl sites for hydroxylation is 1. The number of rotatable bonds is 8. The number of hydrogen-bond acceptors (Lipinski definition) is 2. The zero-order valence-electron chi connectivity index (χ0n) is 11.2. The van der Waals surface area contributed by atoms with Crippen LogP contribution in [-0.4, -0.2) is 22.2 Å². The van der Waals surface area contributed by atoms with E-state index >= 15 is 0 Å². The molecule has 0 aromatic carbocycles. The largest absolute Gasteiger partial charge is 0.312 e. The van der Waals surface area contributed by atoms with Gasteiger partial charge in [0, 0.05) is 37.3 Å². The first-order chi connectivity index (χ1) is 8.07. The van der Waals surface area contributed by atoms with Crippen LogP contribution in [0.25, 0.3) is 0 Å². The summed E-state index contributed by atoms with van der Waals surface area (Å²) in [6, 6.07) is 0. The zero-order valence-corrected chi connectivity index (χ0v) is 11.9. The predicted molar refractivity (Wildman–Crippen MR) is 73.3 cm³/mol. The first-order valence-electron chi connectivity index (χ1n) is 6.35. The van der Waals surface area contributed by atoms with E-state index in [0.717, 1.165) is 38.4 Å². The lowest BCUT2D eigenvalue weighted by Gasteiger charge is -2.24. The Labute approximate surface area is 110 Å². The lowest BCUT2D eigenvalue weighted by molar-refractivity contribution is 0.311. The van der Waals surface area contributed by atoms with Gasteiger partial charge in [-0.25, -0.2) is 0 Å². The summed E-state index contributed by atoms with van der Waals surface area (Å²) < 4.78 is 1.95. The predicted octanol–water partition coefficient (Wildman–Crippen LogP) is 3.04. The average Bonchev–Trinajstić information content (AvgIpc) is 2.74. The second kappa shape index (κ2) is 7.02. The van der Waals surface area contributed by atoms with Crippen LogP contribution in [0.1, 0.15) is 39.2 Å². The van der Waals surface area contributed by atoms with Crippen LogP contribution in [-0.2, 0) is 13.1 Å². The van der Waals surface area contributed by atoms with Crippen LogP contribution in [0.4, 0.5) is 0 Å². The van der Waals surface area contributed by atoms with Gasteiger partial charge in [-0.1, -0.05) is 13.8 Å². The van der Waals surface area contributed by atoms with Crippen LogP contribution < -0.4 is 5.32 Å². The lowest BCUT2D eigenvalue weighted by atomic mass is 9.88. The van der Waals surface area contributed by atoms with Crippen molar-refractivity contribution in [3.63, 3.8) is 0 Å². The van der Waals surface area contributed by atoms with E-state index in [1.54, 1.807) is 0 Å². The van der Waals surface area contributed by atoms with Crippen LogP contribution in [0.3, 0.4) is 0 Å². The second-order valence-corrected chi connectivity index (χ2v) is 5.64. The van der Waals surface area contributed by atoms with E-state index < -0.39 is 0 Å². The number of halogens is 1. The molecule has 1 aromatic rings. The summed E-state index contributed by atoms with van der Waals surface area (Å²) in [5.41, 5.74) is 1.57. The molecule has 4 heteroatoms. The molecule has 17 heavy (non-hydrogen) atoms. The van der Waals surface area contributed by atoms with Gasteiger partial charge in [-0.2, -0.15) is 5.10 Å². The minimum atomic E-state index is 0.315. The molecule has 0 saturated heterocycles. The highest BCUT2D eigenvalue weighted by Crippen LogP contribution is 2.21. The quantitative estimate of drug-likeness (QED) is 0.726. The Morgan fingerprint density at radius 3 is 2.82 bits per heavy atom. The van der Waals surface area contributed by atoms with E-state index in [1.807, 2.05) is 10.9 Å². The van der Waals surface area contributed by atoms with Crippen molar-refractivity contribution in [2.75, 3.05) is 12.4 Å². The maximum atomic E-state index is 5.72. The molecule has 0 aliphatic heterocycles. The van der Waals surface area contributed by atoms with Crippen molar-refractivity contribution >= 4 is 11.6 Å². The van der Waals surface area contributed by atoms with E-state index in [-0.39, 0.29) is 0 Å². The molecular formula is C13H24ClN3. The highest BCUT2D eigenvalue weighted by atomic mass is 35.5. The van der Waals surface area contributed by atoms with Gasteiger partial charge in [0.15, 0.2) is 0 Å². The molecular weight excluding hydrogens is 234 g/mol.